The largest absolute Gasteiger partial charge is 0.510 e. The summed E-state index contributed by atoms with van der Waals surface area (Å²) in [6, 6.07) is 3.88. The van der Waals surface area contributed by atoms with Crippen LogP contribution in [0.5, 0.6) is 0 Å². The van der Waals surface area contributed by atoms with E-state index in [9.17, 15) is 19.5 Å². The number of nitrogens with zero attached hydrogens (tertiary/aromatic N) is 2. The van der Waals surface area contributed by atoms with Gasteiger partial charge >= 0.3 is 17.9 Å². The molecule has 0 unspecified atom stereocenters. The van der Waals surface area contributed by atoms with Crippen LogP contribution in [0.4, 0.5) is 5.69 Å². The topological polar surface area (TPSA) is 124 Å². The number of azo groups is 1. The molecule has 1 N–H and O–H groups in total. The zero-order valence-electron chi connectivity index (χ0n) is 14.2. The molecule has 25 heavy (non-hydrogen) atoms. The molecule has 0 fully saturated rings. The second kappa shape index (κ2) is 9.16. The lowest BCUT2D eigenvalue weighted by Crippen LogP contribution is -2.08. The van der Waals surface area contributed by atoms with Crippen LogP contribution in [0.3, 0.4) is 0 Å². The molecule has 1 aromatic rings. The number of carbonyl (C=O) groups is 3. The molecule has 1 aromatic carbocycles. The Hall–Kier alpha value is -3.23. The molecule has 9 nitrogen and oxygen atoms in total. The Balaban J connectivity index is 3.31. The number of hydrogen-bond acceptors (Lipinski definition) is 9. The highest BCUT2D eigenvalue weighted by Crippen LogP contribution is 2.21. The minimum atomic E-state index is -0.858. The van der Waals surface area contributed by atoms with Crippen molar-refractivity contribution in [1.29, 1.82) is 0 Å². The van der Waals surface area contributed by atoms with Crippen molar-refractivity contribution in [3.8, 4) is 0 Å². The molecule has 0 aliphatic carbocycles. The van der Waals surface area contributed by atoms with E-state index >= 15 is 0 Å². The average Bonchev–Trinajstić information content (AvgIpc) is 2.60. The number of esters is 3. The summed E-state index contributed by atoms with van der Waals surface area (Å²) in [7, 11) is 2.37. The predicted molar refractivity (Wildman–Crippen MR) is 85.6 cm³/mol. The van der Waals surface area contributed by atoms with Crippen molar-refractivity contribution in [3.05, 3.63) is 40.8 Å². The fourth-order valence-electron chi connectivity index (χ4n) is 1.71. The lowest BCUT2D eigenvalue weighted by atomic mass is 10.1. The molecule has 0 aromatic heterocycles. The molecular formula is C16H18N2O7. The van der Waals surface area contributed by atoms with Crippen LogP contribution in [0, 0.1) is 0 Å². The van der Waals surface area contributed by atoms with Gasteiger partial charge in [-0.2, -0.15) is 5.11 Å². The van der Waals surface area contributed by atoms with Crippen molar-refractivity contribution in [2.75, 3.05) is 20.8 Å². The van der Waals surface area contributed by atoms with Crippen molar-refractivity contribution in [1.82, 2.24) is 0 Å². The van der Waals surface area contributed by atoms with E-state index < -0.39 is 23.6 Å². The molecule has 0 aliphatic rings. The molecule has 0 heterocycles. The van der Waals surface area contributed by atoms with Crippen LogP contribution < -0.4 is 0 Å². The normalized spacial score (nSPS) is 11.7. The van der Waals surface area contributed by atoms with E-state index in [0.29, 0.717) is 0 Å². The van der Waals surface area contributed by atoms with Gasteiger partial charge in [0.25, 0.3) is 0 Å². The highest BCUT2D eigenvalue weighted by atomic mass is 16.5. The Morgan fingerprint density at radius 3 is 1.96 bits per heavy atom. The predicted octanol–water partition coefficient (Wildman–Crippen LogP) is 2.70. The molecule has 0 saturated carbocycles. The molecule has 0 radical (unpaired) electrons. The van der Waals surface area contributed by atoms with E-state index in [1.165, 1.54) is 39.3 Å². The monoisotopic (exact) mass is 350 g/mol. The zero-order valence-corrected chi connectivity index (χ0v) is 14.2. The van der Waals surface area contributed by atoms with Gasteiger partial charge in [0.15, 0.2) is 0 Å². The van der Waals surface area contributed by atoms with Gasteiger partial charge in [0, 0.05) is 0 Å². The number of aliphatic hydroxyl groups excluding tert-OH is 1. The lowest BCUT2D eigenvalue weighted by molar-refractivity contribution is -0.138. The fraction of sp³-hybridized carbons (Fsp3) is 0.312. The van der Waals surface area contributed by atoms with Gasteiger partial charge in [0.2, 0.25) is 5.70 Å². The minimum Gasteiger partial charge on any atom is -0.510 e. The number of aliphatic hydroxyl groups is 1. The minimum absolute atomic E-state index is 0.0433. The maximum absolute atomic E-state index is 11.7. The number of hydrogen-bond donors (Lipinski definition) is 1. The Bertz CT molecular complexity index is 700. The summed E-state index contributed by atoms with van der Waals surface area (Å²) < 4.78 is 14.0. The summed E-state index contributed by atoms with van der Waals surface area (Å²) in [5, 5.41) is 16.9. The van der Waals surface area contributed by atoms with Crippen molar-refractivity contribution < 1.29 is 33.7 Å². The standard InChI is InChI=1S/C16H18N2O7/c1-5-25-16(22)13(9(2)19)18-17-12-7-10(14(20)23-3)6-11(8-12)15(21)24-4/h6-8,19H,5H2,1-4H3/b13-9+,18-17?. The average molecular weight is 350 g/mol. The first kappa shape index (κ1) is 19.8. The lowest BCUT2D eigenvalue weighted by Gasteiger charge is -2.05. The third kappa shape index (κ3) is 5.41. The molecule has 0 bridgehead atoms. The number of rotatable bonds is 6. The zero-order chi connectivity index (χ0) is 19.0. The van der Waals surface area contributed by atoms with Gasteiger partial charge in [0.05, 0.1) is 37.6 Å². The van der Waals surface area contributed by atoms with Crippen LogP contribution in [0.25, 0.3) is 0 Å². The van der Waals surface area contributed by atoms with E-state index in [-0.39, 0.29) is 29.2 Å². The van der Waals surface area contributed by atoms with Gasteiger partial charge in [-0.1, -0.05) is 0 Å². The molecule has 1 rings (SSSR count). The quantitative estimate of drug-likeness (QED) is 0.275. The summed E-state index contributed by atoms with van der Waals surface area (Å²) >= 11 is 0. The SMILES string of the molecule is CCOC(=O)/C(N=Nc1cc(C(=O)OC)cc(C(=O)OC)c1)=C(/C)O. The highest BCUT2D eigenvalue weighted by molar-refractivity contribution is 5.96. The van der Waals surface area contributed by atoms with Gasteiger partial charge in [-0.3, -0.25) is 0 Å². The smallest absolute Gasteiger partial charge is 0.362 e. The fourth-order valence-corrected chi connectivity index (χ4v) is 1.71. The maximum atomic E-state index is 11.7. The molecule has 0 spiro atoms. The first-order chi connectivity index (χ1) is 11.8. The molecule has 0 atom stereocenters. The first-order valence-corrected chi connectivity index (χ1v) is 7.14. The molecule has 9 heteroatoms. The van der Waals surface area contributed by atoms with E-state index in [1.54, 1.807) is 6.92 Å². The third-order valence-electron chi connectivity index (χ3n) is 2.84. The highest BCUT2D eigenvalue weighted by Gasteiger charge is 2.16. The number of benzene rings is 1. The molecular weight excluding hydrogens is 332 g/mol. The summed E-state index contributed by atoms with van der Waals surface area (Å²) in [5.41, 5.74) is -0.236. The van der Waals surface area contributed by atoms with Gasteiger partial charge in [-0.25, -0.2) is 14.4 Å². The van der Waals surface area contributed by atoms with Gasteiger partial charge in [-0.05, 0) is 32.0 Å². The molecule has 0 saturated heterocycles. The Morgan fingerprint density at radius 1 is 1.04 bits per heavy atom. The van der Waals surface area contributed by atoms with Crippen LogP contribution in [0.15, 0.2) is 39.9 Å². The first-order valence-electron chi connectivity index (χ1n) is 7.14. The van der Waals surface area contributed by atoms with E-state index in [2.05, 4.69) is 19.7 Å². The van der Waals surface area contributed by atoms with Crippen molar-refractivity contribution in [3.63, 3.8) is 0 Å². The summed E-state index contributed by atoms with van der Waals surface area (Å²) in [6.45, 7) is 2.94. The Kier molecular flexibility index (Phi) is 7.26. The summed E-state index contributed by atoms with van der Waals surface area (Å²) in [6.07, 6.45) is 0. The maximum Gasteiger partial charge on any atom is 0.362 e. The van der Waals surface area contributed by atoms with Crippen LogP contribution in [-0.4, -0.2) is 43.8 Å². The Labute approximate surface area is 143 Å². The number of ether oxygens (including phenoxy) is 3. The number of carbonyl (C=O) groups excluding carboxylic acids is 3. The summed E-state index contributed by atoms with van der Waals surface area (Å²) in [4.78, 5) is 35.1. The second-order valence-electron chi connectivity index (χ2n) is 4.61. The van der Waals surface area contributed by atoms with E-state index in [0.717, 1.165) is 0 Å². The van der Waals surface area contributed by atoms with Crippen molar-refractivity contribution in [2.45, 2.75) is 13.8 Å². The molecule has 134 valence electrons. The van der Waals surface area contributed by atoms with Crippen LogP contribution >= 0.6 is 0 Å². The van der Waals surface area contributed by atoms with Crippen LogP contribution in [0.2, 0.25) is 0 Å². The van der Waals surface area contributed by atoms with Crippen molar-refractivity contribution >= 4 is 23.6 Å². The van der Waals surface area contributed by atoms with Crippen LogP contribution in [0.1, 0.15) is 34.6 Å². The molecule has 0 aliphatic heterocycles. The van der Waals surface area contributed by atoms with Crippen molar-refractivity contribution in [2.24, 2.45) is 10.2 Å². The summed E-state index contributed by atoms with van der Waals surface area (Å²) in [5.74, 6) is -2.63. The molecule has 0 amide bonds. The van der Waals surface area contributed by atoms with E-state index in [4.69, 9.17) is 4.74 Å². The number of allylic oxidation sites excluding steroid dienone is 1. The Morgan fingerprint density at radius 2 is 1.56 bits per heavy atom. The van der Waals surface area contributed by atoms with Crippen LogP contribution in [-0.2, 0) is 19.0 Å². The third-order valence-corrected chi connectivity index (χ3v) is 2.84. The second-order valence-corrected chi connectivity index (χ2v) is 4.61. The van der Waals surface area contributed by atoms with Gasteiger partial charge in [-0.15, -0.1) is 5.11 Å². The van der Waals surface area contributed by atoms with Gasteiger partial charge in [0.1, 0.15) is 5.76 Å². The number of methoxy groups -OCH3 is 2. The van der Waals surface area contributed by atoms with Gasteiger partial charge < -0.3 is 19.3 Å². The van der Waals surface area contributed by atoms with E-state index in [1.807, 2.05) is 0 Å².